The molecule has 0 spiro atoms. The van der Waals surface area contributed by atoms with E-state index in [4.69, 9.17) is 17.3 Å². The predicted octanol–water partition coefficient (Wildman–Crippen LogP) is 1.12. The van der Waals surface area contributed by atoms with Gasteiger partial charge in [-0.3, -0.25) is 4.79 Å². The van der Waals surface area contributed by atoms with E-state index in [1.165, 1.54) is 4.31 Å². The highest BCUT2D eigenvalue weighted by Gasteiger charge is 2.37. The molecule has 19 heavy (non-hydrogen) atoms. The molecule has 1 aromatic rings. The summed E-state index contributed by atoms with van der Waals surface area (Å²) in [5, 5.41) is 0.487. The van der Waals surface area contributed by atoms with Crippen LogP contribution < -0.4 is 5.73 Å². The first-order chi connectivity index (χ1) is 8.88. The molecule has 1 saturated carbocycles. The van der Waals surface area contributed by atoms with Crippen LogP contribution in [0.3, 0.4) is 0 Å². The molecule has 104 valence electrons. The maximum atomic E-state index is 12.3. The fourth-order valence-electron chi connectivity index (χ4n) is 1.89. The maximum absolute atomic E-state index is 12.3. The number of carbonyl (C=O) groups is 1. The fourth-order valence-corrected chi connectivity index (χ4v) is 3.86. The smallest absolute Gasteiger partial charge is 0.232 e. The maximum Gasteiger partial charge on any atom is 0.232 e. The number of primary amides is 1. The molecular formula is C12H15ClN2O3S. The second-order valence-electron chi connectivity index (χ2n) is 4.63. The van der Waals surface area contributed by atoms with Gasteiger partial charge in [0.15, 0.2) is 0 Å². The molecule has 1 amide bonds. The number of hydrogen-bond donors (Lipinski definition) is 1. The van der Waals surface area contributed by atoms with Crippen LogP contribution >= 0.6 is 11.6 Å². The molecule has 0 aromatic heterocycles. The molecule has 0 heterocycles. The number of nitrogens with two attached hydrogens (primary N) is 1. The van der Waals surface area contributed by atoms with E-state index in [9.17, 15) is 13.2 Å². The highest BCUT2D eigenvalue weighted by molar-refractivity contribution is 7.88. The van der Waals surface area contributed by atoms with Gasteiger partial charge in [0.2, 0.25) is 15.9 Å². The van der Waals surface area contributed by atoms with E-state index < -0.39 is 15.9 Å². The van der Waals surface area contributed by atoms with Crippen LogP contribution in [-0.4, -0.2) is 31.2 Å². The molecular weight excluding hydrogens is 288 g/mol. The SMILES string of the molecule is NC(=O)CN(C1CC1)S(=O)(=O)Cc1cccc(Cl)c1. The van der Waals surface area contributed by atoms with E-state index >= 15 is 0 Å². The highest BCUT2D eigenvalue weighted by Crippen LogP contribution is 2.30. The standard InChI is InChI=1S/C12H15ClN2O3S/c13-10-3-1-2-9(6-10)8-19(17,18)15(7-12(14)16)11-4-5-11/h1-3,6,11H,4-5,7-8H2,(H2,14,16). The van der Waals surface area contributed by atoms with Crippen molar-refractivity contribution >= 4 is 27.5 Å². The second-order valence-corrected chi connectivity index (χ2v) is 6.99. The lowest BCUT2D eigenvalue weighted by atomic mass is 10.2. The largest absolute Gasteiger partial charge is 0.369 e. The van der Waals surface area contributed by atoms with Crippen LogP contribution in [0.15, 0.2) is 24.3 Å². The first-order valence-electron chi connectivity index (χ1n) is 5.91. The summed E-state index contributed by atoms with van der Waals surface area (Å²) >= 11 is 5.83. The van der Waals surface area contributed by atoms with Crippen LogP contribution in [0, 0.1) is 0 Å². The van der Waals surface area contributed by atoms with Crippen molar-refractivity contribution in [3.63, 3.8) is 0 Å². The van der Waals surface area contributed by atoms with Gasteiger partial charge >= 0.3 is 0 Å². The van der Waals surface area contributed by atoms with Crippen LogP contribution in [0.5, 0.6) is 0 Å². The lowest BCUT2D eigenvalue weighted by molar-refractivity contribution is -0.118. The van der Waals surface area contributed by atoms with Gasteiger partial charge in [0.1, 0.15) is 0 Å². The van der Waals surface area contributed by atoms with Crippen LogP contribution in [-0.2, 0) is 20.6 Å². The van der Waals surface area contributed by atoms with Crippen LogP contribution in [0.1, 0.15) is 18.4 Å². The molecule has 2 rings (SSSR count). The predicted molar refractivity (Wildman–Crippen MR) is 73.0 cm³/mol. The van der Waals surface area contributed by atoms with Gasteiger partial charge in [0.05, 0.1) is 12.3 Å². The van der Waals surface area contributed by atoms with Crippen LogP contribution in [0.4, 0.5) is 0 Å². The van der Waals surface area contributed by atoms with E-state index in [2.05, 4.69) is 0 Å². The van der Waals surface area contributed by atoms with Crippen molar-refractivity contribution in [3.05, 3.63) is 34.9 Å². The normalized spacial score (nSPS) is 15.7. The Morgan fingerprint density at radius 2 is 2.11 bits per heavy atom. The molecule has 0 radical (unpaired) electrons. The molecule has 1 aromatic carbocycles. The highest BCUT2D eigenvalue weighted by atomic mass is 35.5. The van der Waals surface area contributed by atoms with Gasteiger partial charge in [-0.05, 0) is 30.5 Å². The summed E-state index contributed by atoms with van der Waals surface area (Å²) in [6.07, 6.45) is 1.56. The average Bonchev–Trinajstić information content (AvgIpc) is 3.08. The zero-order valence-corrected chi connectivity index (χ0v) is 11.8. The molecule has 5 nitrogen and oxygen atoms in total. The Balaban J connectivity index is 2.18. The number of amides is 1. The van der Waals surface area contributed by atoms with Gasteiger partial charge in [-0.2, -0.15) is 4.31 Å². The minimum absolute atomic E-state index is 0.0864. The third-order valence-electron chi connectivity index (χ3n) is 2.86. The lowest BCUT2D eigenvalue weighted by Crippen LogP contribution is -2.40. The molecule has 1 aliphatic carbocycles. The number of nitrogens with zero attached hydrogens (tertiary/aromatic N) is 1. The first-order valence-corrected chi connectivity index (χ1v) is 7.89. The van der Waals surface area contributed by atoms with E-state index in [0.717, 1.165) is 12.8 Å². The second kappa shape index (κ2) is 5.48. The summed E-state index contributed by atoms with van der Waals surface area (Å²) in [6.45, 7) is -0.256. The summed E-state index contributed by atoms with van der Waals surface area (Å²) in [5.41, 5.74) is 5.71. The third kappa shape index (κ3) is 3.92. The van der Waals surface area contributed by atoms with Crippen LogP contribution in [0.25, 0.3) is 0 Å². The number of benzene rings is 1. The van der Waals surface area contributed by atoms with E-state index in [1.54, 1.807) is 24.3 Å². The Morgan fingerprint density at radius 3 is 2.63 bits per heavy atom. The van der Waals surface area contributed by atoms with Crippen molar-refractivity contribution in [1.29, 1.82) is 0 Å². The molecule has 1 fully saturated rings. The monoisotopic (exact) mass is 302 g/mol. The molecule has 0 aliphatic heterocycles. The zero-order chi connectivity index (χ0) is 14.0. The van der Waals surface area contributed by atoms with Crippen molar-refractivity contribution in [2.75, 3.05) is 6.54 Å². The van der Waals surface area contributed by atoms with Crippen molar-refractivity contribution < 1.29 is 13.2 Å². The van der Waals surface area contributed by atoms with Gasteiger partial charge in [0.25, 0.3) is 0 Å². The Labute approximate surface area is 117 Å². The molecule has 0 bridgehead atoms. The van der Waals surface area contributed by atoms with Gasteiger partial charge in [-0.1, -0.05) is 23.7 Å². The third-order valence-corrected chi connectivity index (χ3v) is 4.94. The fraction of sp³-hybridized carbons (Fsp3) is 0.417. The summed E-state index contributed by atoms with van der Waals surface area (Å²) in [4.78, 5) is 11.0. The Bertz CT molecular complexity index is 584. The minimum Gasteiger partial charge on any atom is -0.369 e. The Kier molecular flexibility index (Phi) is 4.13. The number of carbonyl (C=O) groups excluding carboxylic acids is 1. The Hall–Kier alpha value is -1.11. The molecule has 0 saturated heterocycles. The number of hydrogen-bond acceptors (Lipinski definition) is 3. The van der Waals surface area contributed by atoms with E-state index in [0.29, 0.717) is 10.6 Å². The summed E-state index contributed by atoms with van der Waals surface area (Å²) in [7, 11) is -3.55. The van der Waals surface area contributed by atoms with Gasteiger partial charge in [-0.25, -0.2) is 8.42 Å². The van der Waals surface area contributed by atoms with Crippen molar-refractivity contribution in [3.8, 4) is 0 Å². The molecule has 7 heteroatoms. The molecule has 2 N–H and O–H groups in total. The van der Waals surface area contributed by atoms with Crippen LogP contribution in [0.2, 0.25) is 5.02 Å². The quantitative estimate of drug-likeness (QED) is 0.855. The zero-order valence-electron chi connectivity index (χ0n) is 10.3. The average molecular weight is 303 g/mol. The van der Waals surface area contributed by atoms with E-state index in [1.807, 2.05) is 0 Å². The van der Waals surface area contributed by atoms with Crippen molar-refractivity contribution in [2.24, 2.45) is 5.73 Å². The van der Waals surface area contributed by atoms with Gasteiger partial charge in [-0.15, -0.1) is 0 Å². The summed E-state index contributed by atoms with van der Waals surface area (Å²) in [5.74, 6) is -0.807. The minimum atomic E-state index is -3.55. The van der Waals surface area contributed by atoms with Crippen molar-refractivity contribution in [2.45, 2.75) is 24.6 Å². The first kappa shape index (κ1) is 14.3. The van der Waals surface area contributed by atoms with E-state index in [-0.39, 0.29) is 18.3 Å². The molecule has 0 atom stereocenters. The topological polar surface area (TPSA) is 80.5 Å². The van der Waals surface area contributed by atoms with Crippen molar-refractivity contribution in [1.82, 2.24) is 4.31 Å². The number of rotatable bonds is 6. The summed E-state index contributed by atoms with van der Waals surface area (Å²) < 4.78 is 25.8. The van der Waals surface area contributed by atoms with Gasteiger partial charge < -0.3 is 5.73 Å². The molecule has 0 unspecified atom stereocenters. The number of halogens is 1. The number of sulfonamides is 1. The summed E-state index contributed by atoms with van der Waals surface area (Å²) in [6, 6.07) is 6.59. The Morgan fingerprint density at radius 1 is 1.42 bits per heavy atom. The lowest BCUT2D eigenvalue weighted by Gasteiger charge is -2.20. The van der Waals surface area contributed by atoms with Gasteiger partial charge in [0, 0.05) is 11.1 Å². The molecule has 1 aliphatic rings.